The first-order valence-electron chi connectivity index (χ1n) is 4.69. The molecule has 0 aromatic carbocycles. The average Bonchev–Trinajstić information content (AvgIpc) is 2.66. The summed E-state index contributed by atoms with van der Waals surface area (Å²) in [6.07, 6.45) is 0.774. The summed E-state index contributed by atoms with van der Waals surface area (Å²) in [6.45, 7) is 1.59. The molecular formula is C10H14O3S2. The second-order valence-corrected chi connectivity index (χ2v) is 6.03. The van der Waals surface area contributed by atoms with E-state index in [9.17, 15) is 9.00 Å². The van der Waals surface area contributed by atoms with Crippen LogP contribution in [0.25, 0.3) is 0 Å². The molecule has 3 nitrogen and oxygen atoms in total. The van der Waals surface area contributed by atoms with Gasteiger partial charge in [-0.1, -0.05) is 13.0 Å². The summed E-state index contributed by atoms with van der Waals surface area (Å²) in [5.41, 5.74) is 0. The van der Waals surface area contributed by atoms with Gasteiger partial charge in [-0.25, -0.2) is 0 Å². The van der Waals surface area contributed by atoms with Gasteiger partial charge in [-0.3, -0.25) is 9.00 Å². The molecule has 0 saturated heterocycles. The first-order valence-corrected chi connectivity index (χ1v) is 7.06. The third kappa shape index (κ3) is 4.57. The molecular weight excluding hydrogens is 232 g/mol. The molecule has 84 valence electrons. The topological polar surface area (TPSA) is 54.4 Å². The molecule has 0 amide bonds. The Labute approximate surface area is 95.6 Å². The molecule has 0 aliphatic rings. The van der Waals surface area contributed by atoms with Crippen molar-refractivity contribution >= 4 is 28.1 Å². The van der Waals surface area contributed by atoms with Crippen molar-refractivity contribution in [3.8, 4) is 0 Å². The van der Waals surface area contributed by atoms with Crippen molar-refractivity contribution in [3.05, 3.63) is 22.4 Å². The van der Waals surface area contributed by atoms with Gasteiger partial charge in [0.25, 0.3) is 0 Å². The molecule has 0 fully saturated rings. The summed E-state index contributed by atoms with van der Waals surface area (Å²) in [5.74, 6) is -0.590. The monoisotopic (exact) mass is 246 g/mol. The maximum Gasteiger partial charge on any atom is 0.307 e. The van der Waals surface area contributed by atoms with E-state index in [1.807, 2.05) is 17.5 Å². The Bertz CT molecular complexity index is 332. The first kappa shape index (κ1) is 12.4. The smallest absolute Gasteiger partial charge is 0.307 e. The van der Waals surface area contributed by atoms with E-state index in [0.717, 1.165) is 6.42 Å². The number of thiophene rings is 1. The Morgan fingerprint density at radius 2 is 2.40 bits per heavy atom. The number of rotatable bonds is 6. The highest BCUT2D eigenvalue weighted by molar-refractivity contribution is 7.85. The van der Waals surface area contributed by atoms with Crippen molar-refractivity contribution in [3.63, 3.8) is 0 Å². The van der Waals surface area contributed by atoms with Crippen LogP contribution >= 0.6 is 11.3 Å². The Balaban J connectivity index is 2.28. The lowest BCUT2D eigenvalue weighted by atomic mass is 10.2. The van der Waals surface area contributed by atoms with E-state index in [-0.39, 0.29) is 5.75 Å². The van der Waals surface area contributed by atoms with E-state index in [0.29, 0.717) is 5.75 Å². The van der Waals surface area contributed by atoms with E-state index in [4.69, 9.17) is 5.11 Å². The van der Waals surface area contributed by atoms with Crippen molar-refractivity contribution < 1.29 is 14.1 Å². The van der Waals surface area contributed by atoms with E-state index in [1.54, 1.807) is 18.3 Å². The van der Waals surface area contributed by atoms with E-state index in [1.165, 1.54) is 4.88 Å². The molecule has 0 radical (unpaired) electrons. The van der Waals surface area contributed by atoms with Crippen molar-refractivity contribution in [1.82, 2.24) is 0 Å². The van der Waals surface area contributed by atoms with Crippen LogP contribution in [-0.4, -0.2) is 26.8 Å². The average molecular weight is 246 g/mol. The van der Waals surface area contributed by atoms with Gasteiger partial charge in [0.2, 0.25) is 0 Å². The van der Waals surface area contributed by atoms with E-state index in [2.05, 4.69) is 0 Å². The minimum absolute atomic E-state index is 0.251. The SMILES string of the molecule is CC(CS(=O)CCc1cccs1)C(=O)O. The van der Waals surface area contributed by atoms with Gasteiger partial charge in [0.05, 0.1) is 5.92 Å². The molecule has 0 saturated carbocycles. The Morgan fingerprint density at radius 3 is 2.93 bits per heavy atom. The molecule has 0 aliphatic heterocycles. The summed E-state index contributed by atoms with van der Waals surface area (Å²) in [7, 11) is -1.03. The summed E-state index contributed by atoms with van der Waals surface area (Å²) in [6, 6.07) is 3.96. The molecule has 5 heteroatoms. The zero-order valence-corrected chi connectivity index (χ0v) is 10.1. The van der Waals surface area contributed by atoms with Crippen molar-refractivity contribution in [2.45, 2.75) is 13.3 Å². The zero-order chi connectivity index (χ0) is 11.3. The van der Waals surface area contributed by atoms with Crippen LogP contribution in [-0.2, 0) is 22.0 Å². The molecule has 1 rings (SSSR count). The summed E-state index contributed by atoms with van der Waals surface area (Å²) < 4.78 is 11.5. The highest BCUT2D eigenvalue weighted by Gasteiger charge is 2.14. The van der Waals surface area contributed by atoms with Crippen LogP contribution < -0.4 is 0 Å². The molecule has 2 atom stereocenters. The van der Waals surface area contributed by atoms with Crippen molar-refractivity contribution in [1.29, 1.82) is 0 Å². The van der Waals surface area contributed by atoms with Gasteiger partial charge in [-0.15, -0.1) is 11.3 Å². The minimum atomic E-state index is -1.03. The number of carbonyl (C=O) groups is 1. The molecule has 1 aromatic rings. The molecule has 15 heavy (non-hydrogen) atoms. The van der Waals surface area contributed by atoms with Crippen LogP contribution in [0, 0.1) is 5.92 Å². The second-order valence-electron chi connectivity index (χ2n) is 3.38. The van der Waals surface area contributed by atoms with Crippen LogP contribution in [0.5, 0.6) is 0 Å². The molecule has 0 aliphatic carbocycles. The fourth-order valence-electron chi connectivity index (χ4n) is 1.10. The lowest BCUT2D eigenvalue weighted by molar-refractivity contribution is -0.140. The lowest BCUT2D eigenvalue weighted by Gasteiger charge is -2.05. The summed E-state index contributed by atoms with van der Waals surface area (Å²) >= 11 is 1.64. The maximum absolute atomic E-state index is 11.5. The van der Waals surface area contributed by atoms with Crippen molar-refractivity contribution in [2.24, 2.45) is 5.92 Å². The van der Waals surface area contributed by atoms with Crippen molar-refractivity contribution in [2.75, 3.05) is 11.5 Å². The third-order valence-electron chi connectivity index (χ3n) is 2.01. The van der Waals surface area contributed by atoms with Gasteiger partial charge in [0.15, 0.2) is 0 Å². The summed E-state index contributed by atoms with van der Waals surface area (Å²) in [4.78, 5) is 11.7. The third-order valence-corrected chi connectivity index (χ3v) is 4.48. The number of carboxylic acids is 1. The minimum Gasteiger partial charge on any atom is -0.481 e. The lowest BCUT2D eigenvalue weighted by Crippen LogP contribution is -2.19. The largest absolute Gasteiger partial charge is 0.481 e. The van der Waals surface area contributed by atoms with Gasteiger partial charge in [0, 0.05) is 27.2 Å². The molecule has 1 heterocycles. The maximum atomic E-state index is 11.5. The van der Waals surface area contributed by atoms with Gasteiger partial charge >= 0.3 is 5.97 Å². The van der Waals surface area contributed by atoms with E-state index >= 15 is 0 Å². The number of aryl methyl sites for hydroxylation is 1. The standard InChI is InChI=1S/C10H14O3S2/c1-8(10(11)12)7-15(13)6-4-9-3-2-5-14-9/h2-3,5,8H,4,6-7H2,1H3,(H,11,12). The zero-order valence-electron chi connectivity index (χ0n) is 8.51. The Kier molecular flexibility index (Phi) is 4.98. The predicted molar refractivity (Wildman–Crippen MR) is 62.7 cm³/mol. The number of carboxylic acid groups (broad SMARTS) is 1. The highest BCUT2D eigenvalue weighted by Crippen LogP contribution is 2.10. The first-order chi connectivity index (χ1) is 7.09. The molecule has 0 spiro atoms. The van der Waals surface area contributed by atoms with Gasteiger partial charge in [-0.2, -0.15) is 0 Å². The van der Waals surface area contributed by atoms with Gasteiger partial charge < -0.3 is 5.11 Å². The van der Waals surface area contributed by atoms with Crippen LogP contribution in [0.15, 0.2) is 17.5 Å². The fraction of sp³-hybridized carbons (Fsp3) is 0.500. The Hall–Kier alpha value is -0.680. The van der Waals surface area contributed by atoms with Gasteiger partial charge in [-0.05, 0) is 17.9 Å². The van der Waals surface area contributed by atoms with Gasteiger partial charge in [0.1, 0.15) is 0 Å². The number of hydrogen-bond acceptors (Lipinski definition) is 3. The predicted octanol–water partition coefficient (Wildman–Crippen LogP) is 1.76. The highest BCUT2D eigenvalue weighted by atomic mass is 32.2. The van der Waals surface area contributed by atoms with Crippen LogP contribution in [0.3, 0.4) is 0 Å². The molecule has 1 aromatic heterocycles. The number of aliphatic carboxylic acids is 1. The second kappa shape index (κ2) is 6.02. The summed E-state index contributed by atoms with van der Waals surface area (Å²) in [5, 5.41) is 10.6. The molecule has 0 bridgehead atoms. The quantitative estimate of drug-likeness (QED) is 0.832. The van der Waals surface area contributed by atoms with Crippen LogP contribution in [0.4, 0.5) is 0 Å². The molecule has 2 unspecified atom stereocenters. The molecule has 1 N–H and O–H groups in total. The number of hydrogen-bond donors (Lipinski definition) is 1. The Morgan fingerprint density at radius 1 is 1.67 bits per heavy atom. The normalized spacial score (nSPS) is 14.7. The van der Waals surface area contributed by atoms with E-state index < -0.39 is 22.7 Å². The fourth-order valence-corrected chi connectivity index (χ4v) is 3.26. The van der Waals surface area contributed by atoms with Crippen LogP contribution in [0.2, 0.25) is 0 Å². The van der Waals surface area contributed by atoms with Crippen LogP contribution in [0.1, 0.15) is 11.8 Å².